The summed E-state index contributed by atoms with van der Waals surface area (Å²) in [5.41, 5.74) is 2.31. The minimum absolute atomic E-state index is 0.00961. The molecule has 0 bridgehead atoms. The Kier molecular flexibility index (Phi) is 8.89. The van der Waals surface area contributed by atoms with Crippen molar-refractivity contribution in [2.45, 2.75) is 46.1 Å². The molecule has 0 aliphatic heterocycles. The highest BCUT2D eigenvalue weighted by atomic mass is 16.5. The van der Waals surface area contributed by atoms with Gasteiger partial charge in [0, 0.05) is 30.6 Å². The van der Waals surface area contributed by atoms with Crippen molar-refractivity contribution in [1.29, 1.82) is 0 Å². The van der Waals surface area contributed by atoms with Crippen LogP contribution in [0.2, 0.25) is 0 Å². The molecule has 6 heteroatoms. The zero-order valence-corrected chi connectivity index (χ0v) is 17.0. The van der Waals surface area contributed by atoms with Crippen molar-refractivity contribution in [3.63, 3.8) is 0 Å². The summed E-state index contributed by atoms with van der Waals surface area (Å²) in [5, 5.41) is 5.73. The Morgan fingerprint density at radius 1 is 0.966 bits per heavy atom. The highest BCUT2D eigenvalue weighted by Crippen LogP contribution is 2.13. The molecule has 0 spiro atoms. The lowest BCUT2D eigenvalue weighted by molar-refractivity contribution is -0.121. The Balaban J connectivity index is 1.68. The van der Waals surface area contributed by atoms with Crippen LogP contribution in [0.4, 0.5) is 5.69 Å². The number of carbonyl (C=O) groups excluding carboxylic acids is 3. The lowest BCUT2D eigenvalue weighted by atomic mass is 10.1. The van der Waals surface area contributed by atoms with Gasteiger partial charge in [-0.25, -0.2) is 0 Å². The van der Waals surface area contributed by atoms with Crippen LogP contribution in [0.15, 0.2) is 48.5 Å². The fraction of sp³-hybridized carbons (Fsp3) is 0.348. The van der Waals surface area contributed by atoms with E-state index >= 15 is 0 Å². The molecule has 2 aromatic rings. The van der Waals surface area contributed by atoms with Gasteiger partial charge in [0.1, 0.15) is 5.75 Å². The summed E-state index contributed by atoms with van der Waals surface area (Å²) in [6, 6.07) is 14.4. The average molecular weight is 396 g/mol. The van der Waals surface area contributed by atoms with Gasteiger partial charge in [-0.2, -0.15) is 0 Å². The van der Waals surface area contributed by atoms with Gasteiger partial charge < -0.3 is 15.4 Å². The topological polar surface area (TPSA) is 84.5 Å². The third-order valence-corrected chi connectivity index (χ3v) is 4.26. The molecule has 6 nitrogen and oxygen atoms in total. The van der Waals surface area contributed by atoms with E-state index in [1.807, 2.05) is 31.2 Å². The van der Waals surface area contributed by atoms with E-state index in [-0.39, 0.29) is 17.6 Å². The van der Waals surface area contributed by atoms with Crippen LogP contribution < -0.4 is 15.4 Å². The van der Waals surface area contributed by atoms with E-state index in [1.54, 1.807) is 24.3 Å². The molecule has 2 rings (SSSR count). The van der Waals surface area contributed by atoms with Gasteiger partial charge in [0.25, 0.3) is 0 Å². The van der Waals surface area contributed by atoms with Crippen molar-refractivity contribution < 1.29 is 19.1 Å². The number of anilines is 1. The molecule has 0 aliphatic carbocycles. The average Bonchev–Trinajstić information content (AvgIpc) is 2.70. The molecule has 2 aromatic carbocycles. The summed E-state index contributed by atoms with van der Waals surface area (Å²) >= 11 is 0. The van der Waals surface area contributed by atoms with Crippen LogP contribution >= 0.6 is 0 Å². The highest BCUT2D eigenvalue weighted by molar-refractivity contribution is 5.94. The maximum absolute atomic E-state index is 12.0. The van der Waals surface area contributed by atoms with Crippen LogP contribution in [-0.4, -0.2) is 24.2 Å². The number of rotatable bonds is 11. The SMILES string of the molecule is CCCC(=O)Nc1cccc(CNC(=O)CCCOc2ccc(C(C)=O)cc2)c1. The monoisotopic (exact) mass is 396 g/mol. The zero-order chi connectivity index (χ0) is 21.1. The second-order valence-corrected chi connectivity index (χ2v) is 6.81. The van der Waals surface area contributed by atoms with Crippen LogP contribution in [0, 0.1) is 0 Å². The van der Waals surface area contributed by atoms with Gasteiger partial charge >= 0.3 is 0 Å². The van der Waals surface area contributed by atoms with Crippen molar-refractivity contribution in [2.24, 2.45) is 0 Å². The summed E-state index contributed by atoms with van der Waals surface area (Å²) in [5.74, 6) is 0.630. The van der Waals surface area contributed by atoms with Gasteiger partial charge in [-0.15, -0.1) is 0 Å². The molecule has 154 valence electrons. The Hall–Kier alpha value is -3.15. The molecule has 0 aliphatic rings. The van der Waals surface area contributed by atoms with E-state index in [1.165, 1.54) is 6.92 Å². The number of nitrogens with one attached hydrogen (secondary N) is 2. The first-order chi connectivity index (χ1) is 14.0. The number of amides is 2. The summed E-state index contributed by atoms with van der Waals surface area (Å²) in [6.45, 7) is 4.31. The molecule has 0 saturated heterocycles. The fourth-order valence-corrected chi connectivity index (χ4v) is 2.71. The summed E-state index contributed by atoms with van der Waals surface area (Å²) < 4.78 is 5.59. The molecular formula is C23H28N2O4. The Labute approximate surface area is 171 Å². The van der Waals surface area contributed by atoms with Crippen LogP contribution in [0.1, 0.15) is 55.5 Å². The lowest BCUT2D eigenvalue weighted by Crippen LogP contribution is -2.23. The lowest BCUT2D eigenvalue weighted by Gasteiger charge is -2.09. The molecule has 0 atom stereocenters. The number of ether oxygens (including phenoxy) is 1. The third kappa shape index (κ3) is 8.17. The van der Waals surface area contributed by atoms with Crippen molar-refractivity contribution in [3.8, 4) is 5.75 Å². The van der Waals surface area contributed by atoms with Crippen molar-refractivity contribution in [1.82, 2.24) is 5.32 Å². The molecule has 0 saturated carbocycles. The second-order valence-electron chi connectivity index (χ2n) is 6.81. The minimum Gasteiger partial charge on any atom is -0.494 e. The quantitative estimate of drug-likeness (QED) is 0.442. The first-order valence-electron chi connectivity index (χ1n) is 9.87. The molecule has 2 amide bonds. The summed E-state index contributed by atoms with van der Waals surface area (Å²) in [4.78, 5) is 34.9. The van der Waals surface area contributed by atoms with Crippen molar-refractivity contribution >= 4 is 23.3 Å². The van der Waals surface area contributed by atoms with Gasteiger partial charge in [0.05, 0.1) is 6.61 Å². The first kappa shape index (κ1) is 22.1. The zero-order valence-electron chi connectivity index (χ0n) is 17.0. The fourth-order valence-electron chi connectivity index (χ4n) is 2.71. The van der Waals surface area contributed by atoms with Crippen molar-refractivity contribution in [3.05, 3.63) is 59.7 Å². The van der Waals surface area contributed by atoms with E-state index in [0.29, 0.717) is 43.7 Å². The first-order valence-corrected chi connectivity index (χ1v) is 9.87. The summed E-state index contributed by atoms with van der Waals surface area (Å²) in [6.07, 6.45) is 2.24. The largest absolute Gasteiger partial charge is 0.494 e. The van der Waals surface area contributed by atoms with Gasteiger partial charge in [0.15, 0.2) is 5.78 Å². The van der Waals surface area contributed by atoms with Gasteiger partial charge in [-0.1, -0.05) is 19.1 Å². The number of hydrogen-bond acceptors (Lipinski definition) is 4. The maximum atomic E-state index is 12.0. The molecule has 0 heterocycles. The molecule has 0 unspecified atom stereocenters. The molecule has 29 heavy (non-hydrogen) atoms. The van der Waals surface area contributed by atoms with Gasteiger partial charge in [0.2, 0.25) is 11.8 Å². The third-order valence-electron chi connectivity index (χ3n) is 4.26. The summed E-state index contributed by atoms with van der Waals surface area (Å²) in [7, 11) is 0. The molecule has 0 fully saturated rings. The predicted octanol–water partition coefficient (Wildman–Crippen LogP) is 4.10. The molecule has 2 N–H and O–H groups in total. The van der Waals surface area contributed by atoms with Crippen molar-refractivity contribution in [2.75, 3.05) is 11.9 Å². The number of carbonyl (C=O) groups is 3. The number of hydrogen-bond donors (Lipinski definition) is 2. The van der Waals surface area contributed by atoms with Crippen LogP contribution in [0.5, 0.6) is 5.75 Å². The molecular weight excluding hydrogens is 368 g/mol. The smallest absolute Gasteiger partial charge is 0.224 e. The minimum atomic E-state index is -0.0547. The predicted molar refractivity (Wildman–Crippen MR) is 113 cm³/mol. The Morgan fingerprint density at radius 3 is 2.41 bits per heavy atom. The highest BCUT2D eigenvalue weighted by Gasteiger charge is 2.05. The maximum Gasteiger partial charge on any atom is 0.224 e. The molecule has 0 aromatic heterocycles. The molecule has 0 radical (unpaired) electrons. The Bertz CT molecular complexity index is 831. The van der Waals surface area contributed by atoms with E-state index in [9.17, 15) is 14.4 Å². The number of ketones is 1. The van der Waals surface area contributed by atoms with Gasteiger partial charge in [-0.05, 0) is 61.7 Å². The van der Waals surface area contributed by atoms with E-state index in [4.69, 9.17) is 4.74 Å². The van der Waals surface area contributed by atoms with Gasteiger partial charge in [-0.3, -0.25) is 14.4 Å². The van der Waals surface area contributed by atoms with Crippen LogP contribution in [0.3, 0.4) is 0 Å². The number of Topliss-reactive ketones (excluding diaryl/α,β-unsaturated/α-hetero) is 1. The number of benzene rings is 2. The van der Waals surface area contributed by atoms with Crippen LogP contribution in [-0.2, 0) is 16.1 Å². The van der Waals surface area contributed by atoms with E-state index in [2.05, 4.69) is 10.6 Å². The second kappa shape index (κ2) is 11.6. The van der Waals surface area contributed by atoms with E-state index < -0.39 is 0 Å². The normalized spacial score (nSPS) is 10.3. The van der Waals surface area contributed by atoms with E-state index in [0.717, 1.165) is 17.7 Å². The Morgan fingerprint density at radius 2 is 1.72 bits per heavy atom. The standard InChI is InChI=1S/C23H28N2O4/c1-3-6-23(28)25-20-8-4-7-18(15-20)16-24-22(27)9-5-14-29-21-12-10-19(11-13-21)17(2)26/h4,7-8,10-13,15H,3,5-6,9,14,16H2,1-2H3,(H,24,27)(H,25,28). The van der Waals surface area contributed by atoms with Crippen LogP contribution in [0.25, 0.3) is 0 Å².